The summed E-state index contributed by atoms with van der Waals surface area (Å²) in [6.45, 7) is 3.00. The summed E-state index contributed by atoms with van der Waals surface area (Å²) < 4.78 is 7.68. The zero-order valence-electron chi connectivity index (χ0n) is 11.6. The summed E-state index contributed by atoms with van der Waals surface area (Å²) in [6.07, 6.45) is 5.25. The summed E-state index contributed by atoms with van der Waals surface area (Å²) in [5, 5.41) is 3.43. The van der Waals surface area contributed by atoms with Gasteiger partial charge in [0.25, 0.3) is 0 Å². The normalized spacial score (nSPS) is 10.0. The molecule has 0 amide bonds. The number of halogens is 2. The minimum absolute atomic E-state index is 0.268. The van der Waals surface area contributed by atoms with Crippen LogP contribution < -0.4 is 10.1 Å². The molecule has 0 saturated carbocycles. The van der Waals surface area contributed by atoms with Crippen molar-refractivity contribution in [3.8, 4) is 18.1 Å². The molecule has 0 aliphatic carbocycles. The molecule has 4 heteroatoms. The molecule has 21 heavy (non-hydrogen) atoms. The maximum Gasteiger partial charge on any atom is 0.148 e. The predicted molar refractivity (Wildman–Crippen MR) is 94.7 cm³/mol. The van der Waals surface area contributed by atoms with Crippen LogP contribution in [0.25, 0.3) is 0 Å². The van der Waals surface area contributed by atoms with Crippen LogP contribution in [0.5, 0.6) is 5.75 Å². The zero-order chi connectivity index (χ0) is 15.2. The molecule has 0 fully saturated rings. The summed E-state index contributed by atoms with van der Waals surface area (Å²) >= 11 is 7.02. The fourth-order valence-corrected chi connectivity index (χ4v) is 2.71. The Kier molecular flexibility index (Phi) is 5.72. The summed E-state index contributed by atoms with van der Waals surface area (Å²) in [4.78, 5) is 0. The molecule has 108 valence electrons. The van der Waals surface area contributed by atoms with Crippen LogP contribution >= 0.6 is 31.9 Å². The van der Waals surface area contributed by atoms with Crippen molar-refractivity contribution in [2.75, 3.05) is 11.9 Å². The lowest BCUT2D eigenvalue weighted by Crippen LogP contribution is -2.05. The lowest BCUT2D eigenvalue weighted by molar-refractivity contribution is 0.366. The summed E-state index contributed by atoms with van der Waals surface area (Å²) in [6, 6.07) is 12.0. The van der Waals surface area contributed by atoms with Gasteiger partial charge in [-0.25, -0.2) is 0 Å². The number of nitrogens with one attached hydrogen (secondary N) is 1. The Labute approximate surface area is 142 Å². The highest BCUT2D eigenvalue weighted by atomic mass is 79.9. The maximum absolute atomic E-state index is 5.58. The second kappa shape index (κ2) is 7.53. The lowest BCUT2D eigenvalue weighted by atomic mass is 10.1. The molecule has 0 aliphatic heterocycles. The molecule has 1 N–H and O–H groups in total. The Balaban J connectivity index is 2.17. The van der Waals surface area contributed by atoms with Gasteiger partial charge < -0.3 is 10.1 Å². The third kappa shape index (κ3) is 4.26. The molecule has 0 heterocycles. The molecule has 0 radical (unpaired) electrons. The average Bonchev–Trinajstić information content (AvgIpc) is 2.48. The minimum atomic E-state index is 0.268. The Morgan fingerprint density at radius 1 is 1.24 bits per heavy atom. The van der Waals surface area contributed by atoms with Crippen molar-refractivity contribution < 1.29 is 4.74 Å². The van der Waals surface area contributed by atoms with Crippen LogP contribution in [0.2, 0.25) is 0 Å². The average molecular weight is 409 g/mol. The van der Waals surface area contributed by atoms with Gasteiger partial charge in [0.05, 0.1) is 0 Å². The molecule has 0 bridgehead atoms. The van der Waals surface area contributed by atoms with Gasteiger partial charge in [0, 0.05) is 26.7 Å². The molecule has 0 aromatic heterocycles. The number of benzene rings is 2. The van der Waals surface area contributed by atoms with Crippen molar-refractivity contribution in [2.45, 2.75) is 13.5 Å². The first-order valence-corrected chi connectivity index (χ1v) is 8.04. The smallest absolute Gasteiger partial charge is 0.148 e. The van der Waals surface area contributed by atoms with Gasteiger partial charge in [-0.1, -0.05) is 43.8 Å². The molecule has 0 spiro atoms. The number of anilines is 1. The topological polar surface area (TPSA) is 21.3 Å². The third-order valence-corrected chi connectivity index (χ3v) is 4.42. The number of hydrogen-bond acceptors (Lipinski definition) is 2. The molecular formula is C17H15Br2NO. The van der Waals surface area contributed by atoms with E-state index in [1.54, 1.807) is 0 Å². The van der Waals surface area contributed by atoms with Gasteiger partial charge in [-0.15, -0.1) is 6.42 Å². The first-order valence-electron chi connectivity index (χ1n) is 6.45. The van der Waals surface area contributed by atoms with Gasteiger partial charge in [-0.05, 0) is 42.8 Å². The second-order valence-corrected chi connectivity index (χ2v) is 6.28. The largest absolute Gasteiger partial charge is 0.481 e. The quantitative estimate of drug-likeness (QED) is 0.691. The number of rotatable bonds is 5. The van der Waals surface area contributed by atoms with Crippen LogP contribution in [0.3, 0.4) is 0 Å². The first-order chi connectivity index (χ1) is 10.1. The molecule has 0 saturated heterocycles. The van der Waals surface area contributed by atoms with Gasteiger partial charge in [-0.3, -0.25) is 0 Å². The van der Waals surface area contributed by atoms with Crippen molar-refractivity contribution >= 4 is 37.5 Å². The number of terminal acetylenes is 1. The van der Waals surface area contributed by atoms with Crippen LogP contribution in [0.1, 0.15) is 11.1 Å². The van der Waals surface area contributed by atoms with Crippen molar-refractivity contribution in [1.29, 1.82) is 0 Å². The third-order valence-electron chi connectivity index (χ3n) is 3.07. The molecule has 2 nitrogen and oxygen atoms in total. The molecule has 0 atom stereocenters. The molecule has 0 unspecified atom stereocenters. The Morgan fingerprint density at radius 3 is 2.81 bits per heavy atom. The Morgan fingerprint density at radius 2 is 2.05 bits per heavy atom. The van der Waals surface area contributed by atoms with Crippen LogP contribution in [0.15, 0.2) is 45.3 Å². The van der Waals surface area contributed by atoms with Crippen molar-refractivity contribution in [1.82, 2.24) is 0 Å². The number of ether oxygens (including phenoxy) is 1. The first kappa shape index (κ1) is 15.9. The van der Waals surface area contributed by atoms with E-state index in [4.69, 9.17) is 11.2 Å². The van der Waals surface area contributed by atoms with Gasteiger partial charge in [0.1, 0.15) is 12.4 Å². The predicted octanol–water partition coefficient (Wildman–Crippen LogP) is 5.14. The van der Waals surface area contributed by atoms with E-state index in [9.17, 15) is 0 Å². The van der Waals surface area contributed by atoms with E-state index in [0.717, 1.165) is 25.9 Å². The SMILES string of the molecule is C#CCOc1ccc(Br)cc1CNc1cccc(Br)c1C. The maximum atomic E-state index is 5.58. The second-order valence-electron chi connectivity index (χ2n) is 4.51. The Hall–Kier alpha value is -1.44. The summed E-state index contributed by atoms with van der Waals surface area (Å²) in [5.74, 6) is 3.29. The van der Waals surface area contributed by atoms with E-state index in [2.05, 4.69) is 56.1 Å². The molecular weight excluding hydrogens is 394 g/mol. The standard InChI is InChI=1S/C17H15Br2NO/c1-3-9-21-17-8-7-14(18)10-13(17)11-20-16-6-4-5-15(19)12(16)2/h1,4-8,10,20H,9,11H2,2H3. The van der Waals surface area contributed by atoms with E-state index in [1.165, 1.54) is 5.56 Å². The monoisotopic (exact) mass is 407 g/mol. The summed E-state index contributed by atoms with van der Waals surface area (Å²) in [5.41, 5.74) is 3.32. The zero-order valence-corrected chi connectivity index (χ0v) is 14.8. The van der Waals surface area contributed by atoms with Crippen molar-refractivity contribution in [3.63, 3.8) is 0 Å². The van der Waals surface area contributed by atoms with Crippen LogP contribution in [0, 0.1) is 19.3 Å². The van der Waals surface area contributed by atoms with Crippen LogP contribution in [-0.4, -0.2) is 6.61 Å². The summed E-state index contributed by atoms with van der Waals surface area (Å²) in [7, 11) is 0. The van der Waals surface area contributed by atoms with Gasteiger partial charge in [-0.2, -0.15) is 0 Å². The minimum Gasteiger partial charge on any atom is -0.481 e. The van der Waals surface area contributed by atoms with Gasteiger partial charge >= 0.3 is 0 Å². The van der Waals surface area contributed by atoms with E-state index >= 15 is 0 Å². The molecule has 2 aromatic carbocycles. The van der Waals surface area contributed by atoms with E-state index in [0.29, 0.717) is 6.54 Å². The fraction of sp³-hybridized carbons (Fsp3) is 0.176. The number of hydrogen-bond donors (Lipinski definition) is 1. The molecule has 2 rings (SSSR count). The van der Waals surface area contributed by atoms with Crippen molar-refractivity contribution in [3.05, 3.63) is 56.5 Å². The lowest BCUT2D eigenvalue weighted by Gasteiger charge is -2.14. The van der Waals surface area contributed by atoms with Crippen molar-refractivity contribution in [2.24, 2.45) is 0 Å². The van der Waals surface area contributed by atoms with E-state index in [1.807, 2.05) is 30.3 Å². The van der Waals surface area contributed by atoms with E-state index < -0.39 is 0 Å². The Bertz CT molecular complexity index is 677. The van der Waals surface area contributed by atoms with E-state index in [-0.39, 0.29) is 6.61 Å². The fourth-order valence-electron chi connectivity index (χ4n) is 1.94. The molecule has 2 aromatic rings. The van der Waals surface area contributed by atoms with Gasteiger partial charge in [0.2, 0.25) is 0 Å². The molecule has 0 aliphatic rings. The van der Waals surface area contributed by atoms with Crippen LogP contribution in [-0.2, 0) is 6.54 Å². The van der Waals surface area contributed by atoms with Crippen LogP contribution in [0.4, 0.5) is 5.69 Å². The highest BCUT2D eigenvalue weighted by Gasteiger charge is 2.06. The van der Waals surface area contributed by atoms with Gasteiger partial charge in [0.15, 0.2) is 0 Å². The highest BCUT2D eigenvalue weighted by Crippen LogP contribution is 2.27. The highest BCUT2D eigenvalue weighted by molar-refractivity contribution is 9.10.